The third-order valence-corrected chi connectivity index (χ3v) is 6.24. The fraction of sp³-hybridized carbons (Fsp3) is 0.714. The number of halogens is 4. The normalized spacial score (nSPS) is 24.5. The van der Waals surface area contributed by atoms with Gasteiger partial charge in [0.2, 0.25) is 0 Å². The molecular formula is C21H29BrF3NO5. The molecule has 6 nitrogen and oxygen atoms in total. The number of hydrogen-bond donors (Lipinski definition) is 1. The van der Waals surface area contributed by atoms with Crippen molar-refractivity contribution in [3.63, 3.8) is 0 Å². The minimum Gasteiger partial charge on any atom is -0.493 e. The first kappa shape index (κ1) is 24.6. The Labute approximate surface area is 188 Å². The van der Waals surface area contributed by atoms with Gasteiger partial charge in [0.25, 0.3) is 0 Å². The summed E-state index contributed by atoms with van der Waals surface area (Å²) >= 11 is 3.56. The van der Waals surface area contributed by atoms with E-state index in [1.807, 2.05) is 26.8 Å². The summed E-state index contributed by atoms with van der Waals surface area (Å²) in [7, 11) is 1.48. The van der Waals surface area contributed by atoms with Gasteiger partial charge >= 0.3 is 6.36 Å². The van der Waals surface area contributed by atoms with Crippen molar-refractivity contribution >= 4 is 15.9 Å². The summed E-state index contributed by atoms with van der Waals surface area (Å²) in [6.07, 6.45) is -4.32. The summed E-state index contributed by atoms with van der Waals surface area (Å²) < 4.78 is 58.1. The fourth-order valence-corrected chi connectivity index (χ4v) is 4.95. The van der Waals surface area contributed by atoms with Crippen LogP contribution < -0.4 is 9.47 Å². The number of methoxy groups -OCH3 is 1. The summed E-state index contributed by atoms with van der Waals surface area (Å²) in [5, 5.41) is 10.7. The molecule has 1 fully saturated rings. The van der Waals surface area contributed by atoms with Crippen molar-refractivity contribution in [3.05, 3.63) is 21.7 Å². The van der Waals surface area contributed by atoms with E-state index < -0.39 is 19.1 Å². The van der Waals surface area contributed by atoms with E-state index in [1.165, 1.54) is 7.11 Å². The lowest BCUT2D eigenvalue weighted by molar-refractivity contribution is -0.325. The van der Waals surface area contributed by atoms with Crippen LogP contribution in [-0.4, -0.2) is 67.6 Å². The van der Waals surface area contributed by atoms with E-state index in [9.17, 15) is 18.3 Å². The second-order valence-electron chi connectivity index (χ2n) is 8.76. The molecule has 0 radical (unpaired) electrons. The molecule has 1 aromatic carbocycles. The maximum absolute atomic E-state index is 12.2. The number of hydrogen-bond acceptors (Lipinski definition) is 6. The van der Waals surface area contributed by atoms with Crippen LogP contribution in [0.15, 0.2) is 10.5 Å². The van der Waals surface area contributed by atoms with Gasteiger partial charge in [0.15, 0.2) is 11.5 Å². The van der Waals surface area contributed by atoms with E-state index in [0.29, 0.717) is 28.9 Å². The van der Waals surface area contributed by atoms with E-state index in [0.717, 1.165) is 24.1 Å². The van der Waals surface area contributed by atoms with Gasteiger partial charge in [-0.1, -0.05) is 0 Å². The van der Waals surface area contributed by atoms with Gasteiger partial charge < -0.3 is 19.3 Å². The highest BCUT2D eigenvalue weighted by molar-refractivity contribution is 9.10. The molecule has 1 saturated heterocycles. The number of ether oxygens (including phenoxy) is 4. The van der Waals surface area contributed by atoms with Crippen molar-refractivity contribution < 1.29 is 37.2 Å². The molecule has 176 valence electrons. The zero-order valence-corrected chi connectivity index (χ0v) is 19.7. The van der Waals surface area contributed by atoms with E-state index >= 15 is 0 Å². The molecule has 3 atom stereocenters. The van der Waals surface area contributed by atoms with Gasteiger partial charge in [-0.15, -0.1) is 13.2 Å². The monoisotopic (exact) mass is 511 g/mol. The predicted octanol–water partition coefficient (Wildman–Crippen LogP) is 4.22. The number of nitrogens with zero attached hydrogens (tertiary/aromatic N) is 1. The van der Waals surface area contributed by atoms with Crippen LogP contribution in [0.1, 0.15) is 44.4 Å². The minimum absolute atomic E-state index is 0.00798. The molecule has 0 saturated carbocycles. The molecule has 1 aromatic rings. The maximum Gasteiger partial charge on any atom is 0.522 e. The molecule has 0 unspecified atom stereocenters. The summed E-state index contributed by atoms with van der Waals surface area (Å²) in [6.45, 7) is 6.43. The molecule has 0 spiro atoms. The highest BCUT2D eigenvalue weighted by Gasteiger charge is 2.41. The van der Waals surface area contributed by atoms with Crippen molar-refractivity contribution in [2.75, 3.05) is 33.4 Å². The van der Waals surface area contributed by atoms with Crippen LogP contribution in [0.3, 0.4) is 0 Å². The highest BCUT2D eigenvalue weighted by atomic mass is 79.9. The van der Waals surface area contributed by atoms with Crippen molar-refractivity contribution in [1.29, 1.82) is 0 Å². The van der Waals surface area contributed by atoms with Gasteiger partial charge in [-0.05, 0) is 66.7 Å². The van der Waals surface area contributed by atoms with Crippen molar-refractivity contribution in [2.45, 2.75) is 63.8 Å². The Balaban J connectivity index is 1.79. The molecule has 2 heterocycles. The third kappa shape index (κ3) is 6.04. The van der Waals surface area contributed by atoms with Gasteiger partial charge in [-0.2, -0.15) is 0 Å². The van der Waals surface area contributed by atoms with E-state index in [2.05, 4.69) is 25.6 Å². The first-order valence-electron chi connectivity index (χ1n) is 10.2. The minimum atomic E-state index is -4.69. The van der Waals surface area contributed by atoms with Crippen LogP contribution >= 0.6 is 15.9 Å². The summed E-state index contributed by atoms with van der Waals surface area (Å²) in [6, 6.07) is 1.85. The smallest absolute Gasteiger partial charge is 0.493 e. The molecule has 3 rings (SSSR count). The van der Waals surface area contributed by atoms with Crippen LogP contribution in [0.4, 0.5) is 13.2 Å². The van der Waals surface area contributed by atoms with Gasteiger partial charge in [0.1, 0.15) is 6.61 Å². The number of rotatable bonds is 6. The van der Waals surface area contributed by atoms with Crippen LogP contribution in [0, 0.1) is 0 Å². The molecule has 2 aliphatic heterocycles. The Morgan fingerprint density at radius 3 is 2.55 bits per heavy atom. The molecule has 31 heavy (non-hydrogen) atoms. The van der Waals surface area contributed by atoms with Crippen molar-refractivity contribution in [3.8, 4) is 11.5 Å². The maximum atomic E-state index is 12.2. The molecule has 10 heteroatoms. The lowest BCUT2D eigenvalue weighted by atomic mass is 9.84. The molecule has 2 aliphatic rings. The number of aliphatic hydroxyl groups excluding tert-OH is 1. The van der Waals surface area contributed by atoms with Crippen molar-refractivity contribution in [1.82, 2.24) is 4.90 Å². The molecule has 0 aromatic heterocycles. The zero-order chi connectivity index (χ0) is 23.0. The Kier molecular flexibility index (Phi) is 7.47. The lowest BCUT2D eigenvalue weighted by Crippen LogP contribution is -2.53. The number of benzene rings is 1. The number of piperidine rings is 1. The van der Waals surface area contributed by atoms with Gasteiger partial charge in [-0.25, -0.2) is 0 Å². The van der Waals surface area contributed by atoms with Crippen LogP contribution in [0.25, 0.3) is 0 Å². The Morgan fingerprint density at radius 1 is 1.23 bits per heavy atom. The topological polar surface area (TPSA) is 60.4 Å². The van der Waals surface area contributed by atoms with Gasteiger partial charge in [0.05, 0.1) is 36.0 Å². The van der Waals surface area contributed by atoms with Crippen molar-refractivity contribution in [2.24, 2.45) is 0 Å². The molecule has 0 aliphatic carbocycles. The van der Waals surface area contributed by atoms with Crippen LogP contribution in [-0.2, 0) is 15.9 Å². The molecule has 1 N–H and O–H groups in total. The predicted molar refractivity (Wildman–Crippen MR) is 111 cm³/mol. The van der Waals surface area contributed by atoms with Crippen LogP contribution in [0.5, 0.6) is 11.5 Å². The first-order valence-corrected chi connectivity index (χ1v) is 11.0. The van der Waals surface area contributed by atoms with Gasteiger partial charge in [-0.3, -0.25) is 9.64 Å². The SMILES string of the molecule is COc1cc2c(c(Br)c1OCCOC(F)(F)F)CCN1C[C@@H](OC(C)(C)C)[C@H](O)C[C@H]21. The Bertz CT molecular complexity index is 784. The summed E-state index contributed by atoms with van der Waals surface area (Å²) in [5.41, 5.74) is 1.68. The fourth-order valence-electron chi connectivity index (χ4n) is 4.21. The van der Waals surface area contributed by atoms with E-state index in [1.54, 1.807) is 0 Å². The largest absolute Gasteiger partial charge is 0.522 e. The van der Waals surface area contributed by atoms with E-state index in [-0.39, 0.29) is 24.4 Å². The van der Waals surface area contributed by atoms with Gasteiger partial charge in [0, 0.05) is 19.1 Å². The average molecular weight is 512 g/mol. The number of fused-ring (bicyclic) bond motifs is 3. The quantitative estimate of drug-likeness (QED) is 0.577. The highest BCUT2D eigenvalue weighted by Crippen LogP contribution is 2.47. The Morgan fingerprint density at radius 2 is 1.94 bits per heavy atom. The lowest BCUT2D eigenvalue weighted by Gasteiger charge is -2.47. The zero-order valence-electron chi connectivity index (χ0n) is 18.1. The molecule has 0 amide bonds. The Hall–Kier alpha value is -1.07. The third-order valence-electron chi connectivity index (χ3n) is 5.40. The second-order valence-corrected chi connectivity index (χ2v) is 9.56. The molecule has 0 bridgehead atoms. The standard InChI is InChI=1S/C21H29BrF3NO5/c1-20(2,3)31-17-11-26-6-5-12-13(14(26)10-15(17)27)9-16(28-4)19(18(12)22)29-7-8-30-21(23,24)25/h9,14-15,17,27H,5-8,10-11H2,1-4H3/t14-,15-,17-/m1/s1. The number of aliphatic hydroxyl groups is 1. The average Bonchev–Trinajstić information content (AvgIpc) is 2.65. The first-order chi connectivity index (χ1) is 14.4. The van der Waals surface area contributed by atoms with E-state index in [4.69, 9.17) is 14.2 Å². The number of alkyl halides is 3. The summed E-state index contributed by atoms with van der Waals surface area (Å²) in [5.74, 6) is 0.771. The second kappa shape index (κ2) is 9.43. The van der Waals surface area contributed by atoms with Crippen LogP contribution in [0.2, 0.25) is 0 Å². The summed E-state index contributed by atoms with van der Waals surface area (Å²) in [4.78, 5) is 2.30. The molecular weight excluding hydrogens is 483 g/mol.